The molecule has 0 aliphatic carbocycles. The number of nitrogens with zero attached hydrogens (tertiary/aromatic N) is 2. The molecular formula is C12H16N4O5. The second-order valence-electron chi connectivity index (χ2n) is 4.77. The maximum atomic E-state index is 11.5. The second kappa shape index (κ2) is 7.17. The summed E-state index contributed by atoms with van der Waals surface area (Å²) in [7, 11) is 0. The van der Waals surface area contributed by atoms with E-state index in [0.29, 0.717) is 12.5 Å². The molecular weight excluding hydrogens is 280 g/mol. The van der Waals surface area contributed by atoms with Gasteiger partial charge in [-0.25, -0.2) is 0 Å². The summed E-state index contributed by atoms with van der Waals surface area (Å²) in [5.74, 6) is -0.0148. The van der Waals surface area contributed by atoms with Gasteiger partial charge in [0.1, 0.15) is 5.69 Å². The third-order valence-corrected chi connectivity index (χ3v) is 2.54. The average Bonchev–Trinajstić information content (AvgIpc) is 2.42. The smallest absolute Gasteiger partial charge is 0.299 e. The lowest BCUT2D eigenvalue weighted by molar-refractivity contribution is -0.393. The van der Waals surface area contributed by atoms with Crippen molar-refractivity contribution in [3.05, 3.63) is 38.4 Å². The lowest BCUT2D eigenvalue weighted by Gasteiger charge is -2.09. The number of hydrogen-bond donors (Lipinski definition) is 2. The highest BCUT2D eigenvalue weighted by Crippen LogP contribution is 2.28. The lowest BCUT2D eigenvalue weighted by atomic mass is 10.2. The molecule has 0 heterocycles. The van der Waals surface area contributed by atoms with Crippen LogP contribution in [-0.4, -0.2) is 28.8 Å². The predicted molar refractivity (Wildman–Crippen MR) is 76.1 cm³/mol. The molecule has 2 N–H and O–H groups in total. The van der Waals surface area contributed by atoms with Gasteiger partial charge in [0.25, 0.3) is 11.4 Å². The first kappa shape index (κ1) is 16.3. The maximum absolute atomic E-state index is 11.5. The summed E-state index contributed by atoms with van der Waals surface area (Å²) in [6.45, 7) is 4.23. The highest BCUT2D eigenvalue weighted by Gasteiger charge is 2.19. The van der Waals surface area contributed by atoms with E-state index in [0.717, 1.165) is 12.1 Å². The van der Waals surface area contributed by atoms with Crippen LogP contribution in [0.25, 0.3) is 0 Å². The molecule has 21 heavy (non-hydrogen) atoms. The van der Waals surface area contributed by atoms with E-state index in [4.69, 9.17) is 0 Å². The molecule has 0 aliphatic heterocycles. The van der Waals surface area contributed by atoms with E-state index < -0.39 is 15.5 Å². The van der Waals surface area contributed by atoms with Gasteiger partial charge in [-0.05, 0) is 12.0 Å². The van der Waals surface area contributed by atoms with Crippen LogP contribution < -0.4 is 10.6 Å². The van der Waals surface area contributed by atoms with Crippen molar-refractivity contribution in [2.75, 3.05) is 18.4 Å². The van der Waals surface area contributed by atoms with E-state index >= 15 is 0 Å². The van der Waals surface area contributed by atoms with Gasteiger partial charge in [0.2, 0.25) is 5.91 Å². The van der Waals surface area contributed by atoms with Crippen LogP contribution in [0.15, 0.2) is 18.2 Å². The van der Waals surface area contributed by atoms with Crippen LogP contribution >= 0.6 is 0 Å². The van der Waals surface area contributed by atoms with Crippen LogP contribution in [0.4, 0.5) is 17.1 Å². The molecule has 0 aliphatic rings. The lowest BCUT2D eigenvalue weighted by Crippen LogP contribution is -2.32. The van der Waals surface area contributed by atoms with Crippen molar-refractivity contribution >= 4 is 23.0 Å². The molecule has 0 saturated carbocycles. The Kier molecular flexibility index (Phi) is 5.58. The number of amides is 1. The normalized spacial score (nSPS) is 10.2. The first-order valence-corrected chi connectivity index (χ1v) is 6.24. The van der Waals surface area contributed by atoms with E-state index in [1.165, 1.54) is 6.07 Å². The molecule has 0 spiro atoms. The number of anilines is 1. The van der Waals surface area contributed by atoms with Gasteiger partial charge in [-0.2, -0.15) is 0 Å². The quantitative estimate of drug-likeness (QED) is 0.582. The third-order valence-electron chi connectivity index (χ3n) is 2.54. The van der Waals surface area contributed by atoms with Crippen molar-refractivity contribution < 1.29 is 14.6 Å². The summed E-state index contributed by atoms with van der Waals surface area (Å²) in [5.41, 5.74) is -0.761. The number of nitrogens with one attached hydrogen (secondary N) is 2. The average molecular weight is 296 g/mol. The number of benzene rings is 1. The van der Waals surface area contributed by atoms with Gasteiger partial charge in [0.05, 0.1) is 22.5 Å². The molecule has 9 heteroatoms. The minimum atomic E-state index is -0.735. The topological polar surface area (TPSA) is 127 Å². The molecule has 0 saturated heterocycles. The number of non-ortho nitro benzene ring substituents is 1. The molecule has 1 aromatic rings. The van der Waals surface area contributed by atoms with Crippen molar-refractivity contribution in [2.24, 2.45) is 5.92 Å². The van der Waals surface area contributed by atoms with Crippen LogP contribution in [0.3, 0.4) is 0 Å². The van der Waals surface area contributed by atoms with E-state index in [1.807, 2.05) is 13.8 Å². The predicted octanol–water partition coefficient (Wildman–Crippen LogP) is 1.69. The summed E-state index contributed by atoms with van der Waals surface area (Å²) in [5, 5.41) is 26.8. The molecule has 0 fully saturated rings. The van der Waals surface area contributed by atoms with Crippen LogP contribution in [0.1, 0.15) is 13.8 Å². The van der Waals surface area contributed by atoms with Gasteiger partial charge < -0.3 is 10.6 Å². The Morgan fingerprint density at radius 3 is 2.43 bits per heavy atom. The molecule has 1 aromatic carbocycles. The first-order valence-electron chi connectivity index (χ1n) is 6.24. The zero-order valence-corrected chi connectivity index (χ0v) is 11.7. The Balaban J connectivity index is 2.77. The zero-order valence-electron chi connectivity index (χ0n) is 11.7. The standard InChI is InChI=1S/C12H16N4O5/c1-8(2)6-14-12(17)7-13-10-4-3-9(15(18)19)5-11(10)16(20)21/h3-5,8,13H,6-7H2,1-2H3,(H,14,17). The molecule has 0 unspecified atom stereocenters. The Morgan fingerprint density at radius 1 is 1.24 bits per heavy atom. The van der Waals surface area contributed by atoms with E-state index in [1.54, 1.807) is 0 Å². The van der Waals surface area contributed by atoms with Crippen molar-refractivity contribution in [3.8, 4) is 0 Å². The third kappa shape index (κ3) is 5.05. The second-order valence-corrected chi connectivity index (χ2v) is 4.77. The van der Waals surface area contributed by atoms with Crippen molar-refractivity contribution in [1.29, 1.82) is 0 Å². The molecule has 114 valence electrons. The SMILES string of the molecule is CC(C)CNC(=O)CNc1ccc([N+](=O)[O-])cc1[N+](=O)[O-]. The van der Waals surface area contributed by atoms with Gasteiger partial charge in [-0.15, -0.1) is 0 Å². The molecule has 0 aromatic heterocycles. The van der Waals surface area contributed by atoms with Crippen molar-refractivity contribution in [2.45, 2.75) is 13.8 Å². The first-order chi connectivity index (χ1) is 9.81. The van der Waals surface area contributed by atoms with Crippen LogP contribution in [-0.2, 0) is 4.79 Å². The summed E-state index contributed by atoms with van der Waals surface area (Å²) >= 11 is 0. The highest BCUT2D eigenvalue weighted by atomic mass is 16.6. The minimum Gasteiger partial charge on any atom is -0.371 e. The maximum Gasteiger partial charge on any atom is 0.299 e. The monoisotopic (exact) mass is 296 g/mol. The number of carbonyl (C=O) groups is 1. The van der Waals surface area contributed by atoms with Crippen molar-refractivity contribution in [1.82, 2.24) is 5.32 Å². The van der Waals surface area contributed by atoms with E-state index in [-0.39, 0.29) is 23.8 Å². The summed E-state index contributed by atoms with van der Waals surface area (Å²) in [6.07, 6.45) is 0. The summed E-state index contributed by atoms with van der Waals surface area (Å²) in [4.78, 5) is 31.6. The summed E-state index contributed by atoms with van der Waals surface area (Å²) in [6, 6.07) is 3.21. The minimum absolute atomic E-state index is 0.0605. The number of carbonyl (C=O) groups excluding carboxylic acids is 1. The molecule has 1 amide bonds. The largest absolute Gasteiger partial charge is 0.371 e. The van der Waals surface area contributed by atoms with Gasteiger partial charge in [-0.3, -0.25) is 25.0 Å². The van der Waals surface area contributed by atoms with Crippen LogP contribution in [0, 0.1) is 26.1 Å². The molecule has 0 bridgehead atoms. The van der Waals surface area contributed by atoms with Crippen LogP contribution in [0.2, 0.25) is 0 Å². The van der Waals surface area contributed by atoms with Crippen LogP contribution in [0.5, 0.6) is 0 Å². The number of nitro benzene ring substituents is 2. The van der Waals surface area contributed by atoms with E-state index in [2.05, 4.69) is 10.6 Å². The van der Waals surface area contributed by atoms with Gasteiger partial charge >= 0.3 is 0 Å². The number of nitro groups is 2. The Morgan fingerprint density at radius 2 is 1.90 bits per heavy atom. The highest BCUT2D eigenvalue weighted by molar-refractivity contribution is 5.81. The van der Waals surface area contributed by atoms with Gasteiger partial charge in [0, 0.05) is 12.6 Å². The Labute approximate surface area is 120 Å². The Bertz CT molecular complexity index is 559. The molecule has 0 atom stereocenters. The van der Waals surface area contributed by atoms with E-state index in [9.17, 15) is 25.0 Å². The Hall–Kier alpha value is -2.71. The fraction of sp³-hybridized carbons (Fsp3) is 0.417. The fourth-order valence-electron chi connectivity index (χ4n) is 1.49. The molecule has 9 nitrogen and oxygen atoms in total. The summed E-state index contributed by atoms with van der Waals surface area (Å²) < 4.78 is 0. The number of rotatable bonds is 7. The fourth-order valence-corrected chi connectivity index (χ4v) is 1.49. The van der Waals surface area contributed by atoms with Crippen molar-refractivity contribution in [3.63, 3.8) is 0 Å². The number of hydrogen-bond acceptors (Lipinski definition) is 6. The molecule has 1 rings (SSSR count). The molecule has 0 radical (unpaired) electrons. The van der Waals surface area contributed by atoms with Gasteiger partial charge in [-0.1, -0.05) is 13.8 Å². The zero-order chi connectivity index (χ0) is 16.0. The van der Waals surface area contributed by atoms with Gasteiger partial charge in [0.15, 0.2) is 0 Å².